The van der Waals surface area contributed by atoms with E-state index in [9.17, 15) is 4.79 Å². The van der Waals surface area contributed by atoms with Gasteiger partial charge < -0.3 is 14.6 Å². The molecule has 0 aliphatic carbocycles. The van der Waals surface area contributed by atoms with Crippen LogP contribution in [-0.4, -0.2) is 33.9 Å². The maximum atomic E-state index is 12.5. The molecule has 3 aromatic heterocycles. The van der Waals surface area contributed by atoms with Gasteiger partial charge in [0.2, 0.25) is 5.91 Å². The minimum atomic E-state index is -0.0405. The summed E-state index contributed by atoms with van der Waals surface area (Å²) in [5, 5.41) is 2.96. The van der Waals surface area contributed by atoms with Gasteiger partial charge in [0.15, 0.2) is 5.65 Å². The number of anilines is 1. The van der Waals surface area contributed by atoms with E-state index in [4.69, 9.17) is 4.42 Å². The lowest BCUT2D eigenvalue weighted by Gasteiger charge is -2.33. The maximum absolute atomic E-state index is 12.5. The van der Waals surface area contributed by atoms with Crippen LogP contribution in [0.2, 0.25) is 0 Å². The van der Waals surface area contributed by atoms with Crippen LogP contribution in [0, 0.1) is 5.92 Å². The van der Waals surface area contributed by atoms with Crippen LogP contribution in [0.1, 0.15) is 18.6 Å². The maximum Gasteiger partial charge on any atom is 0.225 e. The average molecular weight is 337 g/mol. The van der Waals surface area contributed by atoms with Crippen LogP contribution in [0.3, 0.4) is 0 Å². The molecule has 7 heteroatoms. The fourth-order valence-corrected chi connectivity index (χ4v) is 3.18. The Labute approximate surface area is 145 Å². The average Bonchev–Trinajstić information content (AvgIpc) is 3.19. The molecule has 1 atom stereocenters. The van der Waals surface area contributed by atoms with E-state index in [1.54, 1.807) is 24.9 Å². The van der Waals surface area contributed by atoms with Crippen molar-refractivity contribution >= 4 is 22.8 Å². The first-order valence-corrected chi connectivity index (χ1v) is 8.41. The predicted molar refractivity (Wildman–Crippen MR) is 92.8 cm³/mol. The molecule has 128 valence electrons. The van der Waals surface area contributed by atoms with Crippen LogP contribution in [0.4, 0.5) is 5.69 Å². The Hall–Kier alpha value is -2.96. The van der Waals surface area contributed by atoms with Crippen molar-refractivity contribution in [2.45, 2.75) is 19.4 Å². The molecule has 0 spiro atoms. The molecule has 3 aromatic rings. The summed E-state index contributed by atoms with van der Waals surface area (Å²) in [5.74, 6) is 0.786. The fourth-order valence-electron chi connectivity index (χ4n) is 3.18. The Morgan fingerprint density at radius 3 is 3.12 bits per heavy atom. The van der Waals surface area contributed by atoms with E-state index < -0.39 is 0 Å². The van der Waals surface area contributed by atoms with Gasteiger partial charge in [-0.2, -0.15) is 0 Å². The van der Waals surface area contributed by atoms with Crippen LogP contribution in [0.5, 0.6) is 0 Å². The van der Waals surface area contributed by atoms with Crippen molar-refractivity contribution in [3.05, 3.63) is 48.8 Å². The third-order valence-corrected chi connectivity index (χ3v) is 4.48. The molecule has 0 bridgehead atoms. The molecule has 0 saturated carbocycles. The standard InChI is InChI=1S/C18H19N5O2/c24-18(22-11-15-4-2-8-25-15)13-3-1-7-23(12-13)14-9-16-17(21-10-14)20-6-5-19-16/h2,4-6,8-10,13H,1,3,7,11-12H2,(H,22,24)/t13-/m0/s1. The van der Waals surface area contributed by atoms with Crippen molar-refractivity contribution in [1.29, 1.82) is 0 Å². The van der Waals surface area contributed by atoms with E-state index in [-0.39, 0.29) is 11.8 Å². The Morgan fingerprint density at radius 2 is 2.24 bits per heavy atom. The Balaban J connectivity index is 1.43. The van der Waals surface area contributed by atoms with Gasteiger partial charge in [-0.1, -0.05) is 0 Å². The second-order valence-corrected chi connectivity index (χ2v) is 6.17. The smallest absolute Gasteiger partial charge is 0.225 e. The first-order chi connectivity index (χ1) is 12.3. The number of furan rings is 1. The molecular weight excluding hydrogens is 318 g/mol. The second kappa shape index (κ2) is 6.88. The zero-order valence-electron chi connectivity index (χ0n) is 13.8. The second-order valence-electron chi connectivity index (χ2n) is 6.17. The Kier molecular flexibility index (Phi) is 4.28. The van der Waals surface area contributed by atoms with Gasteiger partial charge in [0, 0.05) is 25.5 Å². The van der Waals surface area contributed by atoms with Crippen molar-refractivity contribution in [2.24, 2.45) is 5.92 Å². The molecule has 4 heterocycles. The number of rotatable bonds is 4. The van der Waals surface area contributed by atoms with Crippen LogP contribution < -0.4 is 10.2 Å². The third kappa shape index (κ3) is 3.45. The summed E-state index contributed by atoms with van der Waals surface area (Å²) in [5.41, 5.74) is 2.39. The number of fused-ring (bicyclic) bond motifs is 1. The monoisotopic (exact) mass is 337 g/mol. The van der Waals surface area contributed by atoms with Gasteiger partial charge in [-0.05, 0) is 31.0 Å². The fraction of sp³-hybridized carbons (Fsp3) is 0.333. The normalized spacial score (nSPS) is 17.6. The molecule has 7 nitrogen and oxygen atoms in total. The van der Waals surface area contributed by atoms with Crippen molar-refractivity contribution in [3.8, 4) is 0 Å². The lowest BCUT2D eigenvalue weighted by Crippen LogP contribution is -2.43. The SMILES string of the molecule is O=C(NCc1ccco1)[C@H]1CCCN(c2cnc3nccnc3c2)C1. The lowest BCUT2D eigenvalue weighted by molar-refractivity contribution is -0.125. The van der Waals surface area contributed by atoms with Gasteiger partial charge in [-0.25, -0.2) is 9.97 Å². The lowest BCUT2D eigenvalue weighted by atomic mass is 9.96. The number of aromatic nitrogens is 3. The Bertz CT molecular complexity index is 865. The highest BCUT2D eigenvalue weighted by atomic mass is 16.3. The molecule has 1 aliphatic heterocycles. The number of carbonyl (C=O) groups is 1. The minimum Gasteiger partial charge on any atom is -0.467 e. The molecule has 0 aromatic carbocycles. The van der Waals surface area contributed by atoms with Crippen LogP contribution >= 0.6 is 0 Å². The van der Waals surface area contributed by atoms with Crippen molar-refractivity contribution in [1.82, 2.24) is 20.3 Å². The van der Waals surface area contributed by atoms with E-state index in [0.29, 0.717) is 18.7 Å². The first kappa shape index (κ1) is 15.6. The number of pyridine rings is 1. The van der Waals surface area contributed by atoms with E-state index >= 15 is 0 Å². The highest BCUT2D eigenvalue weighted by Gasteiger charge is 2.26. The van der Waals surface area contributed by atoms with Gasteiger partial charge in [0.25, 0.3) is 0 Å². The largest absolute Gasteiger partial charge is 0.467 e. The van der Waals surface area contributed by atoms with Crippen LogP contribution in [0.15, 0.2) is 47.5 Å². The number of nitrogens with one attached hydrogen (secondary N) is 1. The number of amides is 1. The molecule has 25 heavy (non-hydrogen) atoms. The summed E-state index contributed by atoms with van der Waals surface area (Å²) in [4.78, 5) is 27.5. The molecule has 0 radical (unpaired) electrons. The highest BCUT2D eigenvalue weighted by Crippen LogP contribution is 2.24. The third-order valence-electron chi connectivity index (χ3n) is 4.48. The predicted octanol–water partition coefficient (Wildman–Crippen LogP) is 2.15. The summed E-state index contributed by atoms with van der Waals surface area (Å²) in [6, 6.07) is 5.66. The number of piperidine rings is 1. The number of hydrogen-bond donors (Lipinski definition) is 1. The zero-order valence-corrected chi connectivity index (χ0v) is 13.8. The van der Waals surface area contributed by atoms with Gasteiger partial charge in [0.05, 0.1) is 30.6 Å². The molecule has 4 rings (SSSR count). The van der Waals surface area contributed by atoms with Crippen molar-refractivity contribution < 1.29 is 9.21 Å². The van der Waals surface area contributed by atoms with Crippen LogP contribution in [0.25, 0.3) is 11.2 Å². The van der Waals surface area contributed by atoms with E-state index in [1.165, 1.54) is 0 Å². The van der Waals surface area contributed by atoms with Crippen molar-refractivity contribution in [2.75, 3.05) is 18.0 Å². The number of hydrogen-bond acceptors (Lipinski definition) is 6. The van der Waals surface area contributed by atoms with E-state index in [2.05, 4.69) is 25.2 Å². The van der Waals surface area contributed by atoms with Gasteiger partial charge >= 0.3 is 0 Å². The highest BCUT2D eigenvalue weighted by molar-refractivity contribution is 5.80. The molecular formula is C18H19N5O2. The summed E-state index contributed by atoms with van der Waals surface area (Å²) in [6.07, 6.45) is 8.57. The number of nitrogens with zero attached hydrogens (tertiary/aromatic N) is 4. The minimum absolute atomic E-state index is 0.0405. The molecule has 1 aliphatic rings. The van der Waals surface area contributed by atoms with E-state index in [0.717, 1.165) is 36.4 Å². The molecule has 1 fully saturated rings. The van der Waals surface area contributed by atoms with Gasteiger partial charge in [0.1, 0.15) is 11.3 Å². The van der Waals surface area contributed by atoms with Crippen molar-refractivity contribution in [3.63, 3.8) is 0 Å². The van der Waals surface area contributed by atoms with E-state index in [1.807, 2.05) is 18.2 Å². The molecule has 1 N–H and O–H groups in total. The summed E-state index contributed by atoms with van der Waals surface area (Å²) in [6.45, 7) is 2.02. The molecule has 1 amide bonds. The van der Waals surface area contributed by atoms with Crippen LogP contribution in [-0.2, 0) is 11.3 Å². The first-order valence-electron chi connectivity index (χ1n) is 8.41. The summed E-state index contributed by atoms with van der Waals surface area (Å²) in [7, 11) is 0. The zero-order chi connectivity index (χ0) is 17.1. The molecule has 1 saturated heterocycles. The topological polar surface area (TPSA) is 84.2 Å². The van der Waals surface area contributed by atoms with Gasteiger partial charge in [-0.15, -0.1) is 0 Å². The summed E-state index contributed by atoms with van der Waals surface area (Å²) >= 11 is 0. The summed E-state index contributed by atoms with van der Waals surface area (Å²) < 4.78 is 5.26. The Morgan fingerprint density at radius 1 is 1.32 bits per heavy atom. The number of carbonyl (C=O) groups excluding carboxylic acids is 1. The quantitative estimate of drug-likeness (QED) is 0.785. The molecule has 0 unspecified atom stereocenters. The van der Waals surface area contributed by atoms with Gasteiger partial charge in [-0.3, -0.25) is 9.78 Å².